The smallest absolute Gasteiger partial charge is 0.315 e. The van der Waals surface area contributed by atoms with Gasteiger partial charge in [-0.15, -0.1) is 0 Å². The summed E-state index contributed by atoms with van der Waals surface area (Å²) in [5, 5.41) is 14.5. The fourth-order valence-electron chi connectivity index (χ4n) is 1.92. The number of nitro groups is 1. The molecule has 0 aliphatic rings. The average molecular weight is 265 g/mol. The molecule has 1 atom stereocenters. The Kier molecular flexibility index (Phi) is 5.60. The fourth-order valence-corrected chi connectivity index (χ4v) is 1.92. The van der Waals surface area contributed by atoms with E-state index in [1.165, 1.54) is 0 Å². The van der Waals surface area contributed by atoms with Crippen molar-refractivity contribution in [1.82, 2.24) is 0 Å². The Bertz CT molecular complexity index is 435. The van der Waals surface area contributed by atoms with Crippen molar-refractivity contribution in [2.24, 2.45) is 0 Å². The quantitative estimate of drug-likeness (QED) is 0.604. The van der Waals surface area contributed by atoms with Gasteiger partial charge in [0, 0.05) is 19.6 Å². The number of para-hydroxylation sites is 1. The van der Waals surface area contributed by atoms with Crippen LogP contribution < -0.4 is 10.2 Å². The number of nitro benzene ring substituents is 1. The molecule has 1 N–H and O–H groups in total. The molecule has 0 amide bonds. The van der Waals surface area contributed by atoms with Gasteiger partial charge in [-0.2, -0.15) is 0 Å². The molecule has 1 unspecified atom stereocenters. The molecule has 0 aromatic heterocycles. The van der Waals surface area contributed by atoms with Gasteiger partial charge in [0.2, 0.25) is 0 Å². The summed E-state index contributed by atoms with van der Waals surface area (Å²) in [7, 11) is 1.90. The molecular weight excluding hydrogens is 242 g/mol. The van der Waals surface area contributed by atoms with E-state index in [0.29, 0.717) is 11.4 Å². The molecule has 1 aromatic rings. The molecular formula is C14H23N3O2. The van der Waals surface area contributed by atoms with Crippen molar-refractivity contribution in [3.63, 3.8) is 0 Å². The highest BCUT2D eigenvalue weighted by molar-refractivity contribution is 5.77. The number of nitrogens with one attached hydrogen (secondary N) is 1. The Morgan fingerprint density at radius 1 is 1.42 bits per heavy atom. The monoisotopic (exact) mass is 265 g/mol. The molecule has 0 aliphatic carbocycles. The number of rotatable bonds is 7. The lowest BCUT2D eigenvalue weighted by Gasteiger charge is -2.26. The summed E-state index contributed by atoms with van der Waals surface area (Å²) in [6.45, 7) is 6.91. The molecule has 0 aliphatic heterocycles. The lowest BCUT2D eigenvalue weighted by Crippen LogP contribution is -2.28. The van der Waals surface area contributed by atoms with Crippen LogP contribution in [0.5, 0.6) is 0 Å². The molecule has 0 bridgehead atoms. The van der Waals surface area contributed by atoms with E-state index in [1.54, 1.807) is 12.1 Å². The minimum atomic E-state index is -0.299. The van der Waals surface area contributed by atoms with Crippen LogP contribution in [0.4, 0.5) is 17.1 Å². The zero-order chi connectivity index (χ0) is 14.4. The third-order valence-electron chi connectivity index (χ3n) is 3.39. The molecule has 19 heavy (non-hydrogen) atoms. The largest absolute Gasteiger partial charge is 0.379 e. The van der Waals surface area contributed by atoms with E-state index < -0.39 is 0 Å². The predicted molar refractivity (Wildman–Crippen MR) is 80.0 cm³/mol. The van der Waals surface area contributed by atoms with Crippen LogP contribution in [-0.4, -0.2) is 24.6 Å². The van der Waals surface area contributed by atoms with Gasteiger partial charge in [0.15, 0.2) is 0 Å². The van der Waals surface area contributed by atoms with E-state index in [2.05, 4.69) is 19.2 Å². The Morgan fingerprint density at radius 3 is 2.63 bits per heavy atom. The van der Waals surface area contributed by atoms with Crippen LogP contribution in [0.2, 0.25) is 0 Å². The minimum Gasteiger partial charge on any atom is -0.379 e. The van der Waals surface area contributed by atoms with Crippen molar-refractivity contribution < 1.29 is 4.92 Å². The van der Waals surface area contributed by atoms with E-state index >= 15 is 0 Å². The highest BCUT2D eigenvalue weighted by atomic mass is 16.6. The van der Waals surface area contributed by atoms with E-state index in [0.717, 1.165) is 19.4 Å². The Morgan fingerprint density at radius 2 is 2.11 bits per heavy atom. The summed E-state index contributed by atoms with van der Waals surface area (Å²) in [6.07, 6.45) is 1.88. The molecule has 0 saturated carbocycles. The van der Waals surface area contributed by atoms with Gasteiger partial charge in [-0.1, -0.05) is 19.9 Å². The van der Waals surface area contributed by atoms with Crippen molar-refractivity contribution in [3.8, 4) is 0 Å². The molecule has 1 rings (SSSR count). The van der Waals surface area contributed by atoms with Gasteiger partial charge in [-0.3, -0.25) is 10.1 Å². The Hall–Kier alpha value is -1.78. The van der Waals surface area contributed by atoms with Crippen LogP contribution in [-0.2, 0) is 0 Å². The topological polar surface area (TPSA) is 58.4 Å². The lowest BCUT2D eigenvalue weighted by molar-refractivity contribution is -0.383. The van der Waals surface area contributed by atoms with Gasteiger partial charge in [-0.05, 0) is 31.9 Å². The zero-order valence-corrected chi connectivity index (χ0v) is 12.1. The van der Waals surface area contributed by atoms with Crippen molar-refractivity contribution in [1.29, 1.82) is 0 Å². The van der Waals surface area contributed by atoms with E-state index in [1.807, 2.05) is 24.9 Å². The molecule has 0 heterocycles. The molecule has 0 spiro atoms. The second-order valence-corrected chi connectivity index (χ2v) is 4.73. The Balaban J connectivity index is 3.19. The highest BCUT2D eigenvalue weighted by Crippen LogP contribution is 2.35. The van der Waals surface area contributed by atoms with Crippen molar-refractivity contribution in [3.05, 3.63) is 28.3 Å². The van der Waals surface area contributed by atoms with Gasteiger partial charge >= 0.3 is 5.69 Å². The second-order valence-electron chi connectivity index (χ2n) is 4.73. The number of hydrogen-bond acceptors (Lipinski definition) is 4. The van der Waals surface area contributed by atoms with Gasteiger partial charge in [0.1, 0.15) is 11.4 Å². The van der Waals surface area contributed by atoms with Crippen molar-refractivity contribution in [2.45, 2.75) is 39.7 Å². The SMILES string of the molecule is CCCNc1cccc(N(C)C(C)CC)c1[N+](=O)[O-]. The van der Waals surface area contributed by atoms with Crippen LogP contribution in [0.3, 0.4) is 0 Å². The zero-order valence-electron chi connectivity index (χ0n) is 12.1. The third kappa shape index (κ3) is 3.59. The predicted octanol–water partition coefficient (Wildman–Crippen LogP) is 3.65. The van der Waals surface area contributed by atoms with Crippen molar-refractivity contribution in [2.75, 3.05) is 23.8 Å². The summed E-state index contributed by atoms with van der Waals surface area (Å²) >= 11 is 0. The number of anilines is 2. The number of nitrogens with zero attached hydrogens (tertiary/aromatic N) is 2. The maximum absolute atomic E-state index is 11.4. The highest BCUT2D eigenvalue weighted by Gasteiger charge is 2.23. The second kappa shape index (κ2) is 6.97. The minimum absolute atomic E-state index is 0.166. The van der Waals surface area contributed by atoms with Gasteiger partial charge in [-0.25, -0.2) is 0 Å². The maximum atomic E-state index is 11.4. The van der Waals surface area contributed by atoms with Crippen LogP contribution in [0.1, 0.15) is 33.6 Å². The lowest BCUT2D eigenvalue weighted by atomic mass is 10.1. The summed E-state index contributed by atoms with van der Waals surface area (Å²) in [4.78, 5) is 13.0. The van der Waals surface area contributed by atoms with Crippen molar-refractivity contribution >= 4 is 17.1 Å². The summed E-state index contributed by atoms with van der Waals surface area (Å²) in [5.41, 5.74) is 1.43. The first-order chi connectivity index (χ1) is 9.02. The fraction of sp³-hybridized carbons (Fsp3) is 0.571. The number of hydrogen-bond donors (Lipinski definition) is 1. The molecule has 1 aromatic carbocycles. The summed E-state index contributed by atoms with van der Waals surface area (Å²) in [6, 6.07) is 5.70. The van der Waals surface area contributed by atoms with Gasteiger partial charge in [0.25, 0.3) is 0 Å². The molecule has 106 valence electrons. The van der Waals surface area contributed by atoms with Crippen LogP contribution in [0, 0.1) is 10.1 Å². The van der Waals surface area contributed by atoms with Crippen LogP contribution in [0.25, 0.3) is 0 Å². The molecule has 5 nitrogen and oxygen atoms in total. The van der Waals surface area contributed by atoms with E-state index in [4.69, 9.17) is 0 Å². The normalized spacial score (nSPS) is 12.0. The summed E-state index contributed by atoms with van der Waals surface area (Å²) in [5.74, 6) is 0. The standard InChI is InChI=1S/C14H23N3O2/c1-5-10-15-12-8-7-9-13(14(12)17(18)19)16(4)11(3)6-2/h7-9,11,15H,5-6,10H2,1-4H3. The van der Waals surface area contributed by atoms with Crippen LogP contribution in [0.15, 0.2) is 18.2 Å². The Labute approximate surface area is 114 Å². The van der Waals surface area contributed by atoms with E-state index in [9.17, 15) is 10.1 Å². The van der Waals surface area contributed by atoms with E-state index in [-0.39, 0.29) is 16.7 Å². The van der Waals surface area contributed by atoms with Gasteiger partial charge < -0.3 is 10.2 Å². The first-order valence-corrected chi connectivity index (χ1v) is 6.77. The first-order valence-electron chi connectivity index (χ1n) is 6.77. The molecule has 0 fully saturated rings. The molecule has 0 saturated heterocycles. The molecule has 0 radical (unpaired) electrons. The maximum Gasteiger partial charge on any atom is 0.315 e. The molecule has 5 heteroatoms. The third-order valence-corrected chi connectivity index (χ3v) is 3.39. The van der Waals surface area contributed by atoms with Crippen LogP contribution >= 0.6 is 0 Å². The first kappa shape index (κ1) is 15.3. The summed E-state index contributed by atoms with van der Waals surface area (Å²) < 4.78 is 0. The number of benzene rings is 1. The average Bonchev–Trinajstić information content (AvgIpc) is 2.42. The van der Waals surface area contributed by atoms with Gasteiger partial charge in [0.05, 0.1) is 4.92 Å².